The van der Waals surface area contributed by atoms with Crippen molar-refractivity contribution in [2.75, 3.05) is 20.1 Å². The zero-order valence-corrected chi connectivity index (χ0v) is 18.0. The molecule has 1 aromatic carbocycles. The van der Waals surface area contributed by atoms with E-state index in [1.54, 1.807) is 13.3 Å². The third kappa shape index (κ3) is 6.42. The lowest BCUT2D eigenvalue weighted by Crippen LogP contribution is -2.39. The van der Waals surface area contributed by atoms with Gasteiger partial charge in [0, 0.05) is 51.1 Å². The van der Waals surface area contributed by atoms with Crippen LogP contribution in [-0.2, 0) is 13.0 Å². The Kier molecular flexibility index (Phi) is 8.38. The number of oxazole rings is 1. The Labute approximate surface area is 177 Å². The summed E-state index contributed by atoms with van der Waals surface area (Å²) in [6.45, 7) is 4.52. The quantitative estimate of drug-likeness (QED) is 0.310. The maximum atomic E-state index is 5.59. The largest absolute Gasteiger partial charge is 0.444 e. The maximum Gasteiger partial charge on any atom is 0.226 e. The molecule has 0 unspecified atom stereocenters. The van der Waals surface area contributed by atoms with Crippen LogP contribution in [0.2, 0.25) is 0 Å². The highest BCUT2D eigenvalue weighted by Gasteiger charge is 2.06. The Balaban J connectivity index is 0.00000261. The minimum atomic E-state index is 0. The number of hydrogen-bond donors (Lipinski definition) is 2. The molecule has 0 fully saturated rings. The van der Waals surface area contributed by atoms with E-state index in [4.69, 9.17) is 4.42 Å². The van der Waals surface area contributed by atoms with Gasteiger partial charge in [-0.05, 0) is 31.2 Å². The molecule has 144 valence electrons. The number of aliphatic imine (C=N–C) groups is 1. The molecule has 2 heterocycles. The van der Waals surface area contributed by atoms with Crippen LogP contribution in [0.4, 0.5) is 0 Å². The highest BCUT2D eigenvalue weighted by molar-refractivity contribution is 14.0. The van der Waals surface area contributed by atoms with E-state index in [1.807, 2.05) is 36.7 Å². The highest BCUT2D eigenvalue weighted by atomic mass is 127. The van der Waals surface area contributed by atoms with Gasteiger partial charge in [-0.3, -0.25) is 4.99 Å². The average molecular weight is 479 g/mol. The number of aryl methyl sites for hydroxylation is 1. The number of guanidine groups is 1. The van der Waals surface area contributed by atoms with E-state index in [0.717, 1.165) is 43.3 Å². The van der Waals surface area contributed by atoms with Crippen molar-refractivity contribution in [2.45, 2.75) is 19.9 Å². The molecule has 0 radical (unpaired) electrons. The van der Waals surface area contributed by atoms with Crippen LogP contribution >= 0.6 is 24.0 Å². The maximum absolute atomic E-state index is 5.59. The summed E-state index contributed by atoms with van der Waals surface area (Å²) in [4.78, 5) is 8.80. The number of halogens is 1. The molecule has 0 aliphatic heterocycles. The summed E-state index contributed by atoms with van der Waals surface area (Å²) >= 11 is 0. The molecule has 0 saturated heterocycles. The lowest BCUT2D eigenvalue weighted by Gasteiger charge is -2.11. The van der Waals surface area contributed by atoms with Crippen LogP contribution < -0.4 is 10.6 Å². The topological polar surface area (TPSA) is 67.4 Å². The molecule has 0 aliphatic carbocycles. The number of nitrogens with one attached hydrogen (secondary N) is 2. The minimum absolute atomic E-state index is 0. The van der Waals surface area contributed by atoms with Gasteiger partial charge >= 0.3 is 0 Å². The molecule has 0 bridgehead atoms. The van der Waals surface area contributed by atoms with E-state index in [-0.39, 0.29) is 24.0 Å². The number of benzene rings is 1. The van der Waals surface area contributed by atoms with Crippen molar-refractivity contribution in [1.82, 2.24) is 20.2 Å². The summed E-state index contributed by atoms with van der Waals surface area (Å²) < 4.78 is 7.72. The van der Waals surface area contributed by atoms with Gasteiger partial charge < -0.3 is 19.6 Å². The third-order valence-electron chi connectivity index (χ3n) is 4.08. The van der Waals surface area contributed by atoms with Crippen molar-refractivity contribution in [3.63, 3.8) is 0 Å². The molecule has 2 N–H and O–H groups in total. The molecule has 7 heteroatoms. The Bertz CT molecular complexity index is 824. The lowest BCUT2D eigenvalue weighted by atomic mass is 10.1. The van der Waals surface area contributed by atoms with E-state index in [1.165, 1.54) is 5.56 Å². The smallest absolute Gasteiger partial charge is 0.226 e. The van der Waals surface area contributed by atoms with Crippen molar-refractivity contribution < 1.29 is 4.42 Å². The highest BCUT2D eigenvalue weighted by Crippen LogP contribution is 2.19. The standard InChI is InChI=1S/C20H25N5O.HI/c1-16-5-7-17(8-6-16)19-24-18(15-26-19)9-10-22-20(21-2)23-11-14-25-12-3-4-13-25;/h3-8,12-13,15H,9-11,14H2,1-2H3,(H2,21,22,23);1H. The summed E-state index contributed by atoms with van der Waals surface area (Å²) in [6.07, 6.45) is 6.59. The molecule has 2 aromatic heterocycles. The zero-order chi connectivity index (χ0) is 18.2. The van der Waals surface area contributed by atoms with Gasteiger partial charge in [-0.25, -0.2) is 4.98 Å². The van der Waals surface area contributed by atoms with Gasteiger partial charge in [-0.2, -0.15) is 0 Å². The summed E-state index contributed by atoms with van der Waals surface area (Å²) in [5.41, 5.74) is 3.15. The SMILES string of the molecule is CN=C(NCCc1coc(-c2ccc(C)cc2)n1)NCCn1cccc1.I. The van der Waals surface area contributed by atoms with Crippen molar-refractivity contribution in [1.29, 1.82) is 0 Å². The Morgan fingerprint density at radius 2 is 1.81 bits per heavy atom. The van der Waals surface area contributed by atoms with E-state index >= 15 is 0 Å². The van der Waals surface area contributed by atoms with Gasteiger partial charge in [0.25, 0.3) is 0 Å². The molecule has 0 spiro atoms. The Morgan fingerprint density at radius 1 is 1.11 bits per heavy atom. The van der Waals surface area contributed by atoms with Crippen LogP contribution in [0.25, 0.3) is 11.5 Å². The molecule has 0 aliphatic rings. The van der Waals surface area contributed by atoms with Gasteiger partial charge in [0.1, 0.15) is 6.26 Å². The average Bonchev–Trinajstić information content (AvgIpc) is 3.33. The predicted octanol–water partition coefficient (Wildman–Crippen LogP) is 3.48. The normalized spacial score (nSPS) is 11.1. The van der Waals surface area contributed by atoms with Crippen LogP contribution in [0.3, 0.4) is 0 Å². The summed E-state index contributed by atoms with van der Waals surface area (Å²) in [6, 6.07) is 12.2. The fourth-order valence-electron chi connectivity index (χ4n) is 2.60. The van der Waals surface area contributed by atoms with Gasteiger partial charge in [-0.1, -0.05) is 17.7 Å². The molecule has 0 saturated carbocycles. The first-order valence-electron chi connectivity index (χ1n) is 8.81. The van der Waals surface area contributed by atoms with Crippen molar-refractivity contribution in [3.8, 4) is 11.5 Å². The van der Waals surface area contributed by atoms with Crippen LogP contribution in [0, 0.1) is 6.92 Å². The fourth-order valence-corrected chi connectivity index (χ4v) is 2.60. The van der Waals surface area contributed by atoms with Crippen LogP contribution in [-0.4, -0.2) is 35.6 Å². The van der Waals surface area contributed by atoms with Crippen molar-refractivity contribution in [3.05, 3.63) is 66.3 Å². The zero-order valence-electron chi connectivity index (χ0n) is 15.7. The van der Waals surface area contributed by atoms with E-state index in [2.05, 4.69) is 44.2 Å². The van der Waals surface area contributed by atoms with Gasteiger partial charge in [0.2, 0.25) is 5.89 Å². The summed E-state index contributed by atoms with van der Waals surface area (Å²) in [5, 5.41) is 6.61. The first kappa shape index (κ1) is 21.0. The van der Waals surface area contributed by atoms with Gasteiger partial charge in [0.05, 0.1) is 5.69 Å². The Hall–Kier alpha value is -2.29. The van der Waals surface area contributed by atoms with Crippen LogP contribution in [0.5, 0.6) is 0 Å². The second kappa shape index (κ2) is 10.8. The first-order chi connectivity index (χ1) is 12.7. The second-order valence-electron chi connectivity index (χ2n) is 6.11. The lowest BCUT2D eigenvalue weighted by molar-refractivity contribution is 0.572. The summed E-state index contributed by atoms with van der Waals surface area (Å²) in [5.74, 6) is 1.45. The molecule has 0 atom stereocenters. The molecule has 3 aromatic rings. The number of rotatable bonds is 7. The van der Waals surface area contributed by atoms with Crippen molar-refractivity contribution in [2.24, 2.45) is 4.99 Å². The minimum Gasteiger partial charge on any atom is -0.444 e. The first-order valence-corrected chi connectivity index (χ1v) is 8.81. The molecule has 3 rings (SSSR count). The predicted molar refractivity (Wildman–Crippen MR) is 120 cm³/mol. The number of hydrogen-bond acceptors (Lipinski definition) is 3. The molecular weight excluding hydrogens is 453 g/mol. The van der Waals surface area contributed by atoms with E-state index in [9.17, 15) is 0 Å². The molecule has 0 amide bonds. The van der Waals surface area contributed by atoms with E-state index < -0.39 is 0 Å². The number of nitrogens with zero attached hydrogens (tertiary/aromatic N) is 3. The molecule has 6 nitrogen and oxygen atoms in total. The fraction of sp³-hybridized carbons (Fsp3) is 0.300. The van der Waals surface area contributed by atoms with E-state index in [0.29, 0.717) is 5.89 Å². The summed E-state index contributed by atoms with van der Waals surface area (Å²) in [7, 11) is 1.77. The molecule has 27 heavy (non-hydrogen) atoms. The van der Waals surface area contributed by atoms with Crippen LogP contribution in [0.15, 0.2) is 64.5 Å². The van der Waals surface area contributed by atoms with Gasteiger partial charge in [-0.15, -0.1) is 24.0 Å². The van der Waals surface area contributed by atoms with Gasteiger partial charge in [0.15, 0.2) is 5.96 Å². The molecular formula is C20H26IN5O. The number of aromatic nitrogens is 2. The second-order valence-corrected chi connectivity index (χ2v) is 6.11. The third-order valence-corrected chi connectivity index (χ3v) is 4.08. The Morgan fingerprint density at radius 3 is 2.52 bits per heavy atom. The monoisotopic (exact) mass is 479 g/mol. The van der Waals surface area contributed by atoms with Crippen molar-refractivity contribution >= 4 is 29.9 Å². The van der Waals surface area contributed by atoms with Crippen LogP contribution in [0.1, 0.15) is 11.3 Å².